The number of carboxylic acids is 1. The van der Waals surface area contributed by atoms with Crippen LogP contribution in [-0.4, -0.2) is 40.5 Å². The summed E-state index contributed by atoms with van der Waals surface area (Å²) in [5.41, 5.74) is 4.38. The van der Waals surface area contributed by atoms with Gasteiger partial charge in [0, 0.05) is 13.1 Å². The van der Waals surface area contributed by atoms with Crippen molar-refractivity contribution < 1.29 is 14.7 Å². The molecule has 1 saturated carbocycles. The molecule has 0 bridgehead atoms. The number of amides is 1. The van der Waals surface area contributed by atoms with E-state index < -0.39 is 16.9 Å². The highest BCUT2D eigenvalue weighted by Crippen LogP contribution is 2.39. The first-order valence-electron chi connectivity index (χ1n) is 8.22. The molecule has 1 atom stereocenters. The molecule has 1 aliphatic carbocycles. The first kappa shape index (κ1) is 16.3. The Kier molecular flexibility index (Phi) is 4.91. The van der Waals surface area contributed by atoms with E-state index in [2.05, 4.69) is 0 Å². The molecule has 5 heteroatoms. The maximum Gasteiger partial charge on any atom is 0.329 e. The minimum atomic E-state index is -1.07. The summed E-state index contributed by atoms with van der Waals surface area (Å²) >= 11 is 0. The SMILES string of the molecule is CC1(C(=O)O)CCCCN1C(=O)C1(CN)CCCCCC1. The summed E-state index contributed by atoms with van der Waals surface area (Å²) in [5.74, 6) is -0.909. The third-order valence-electron chi connectivity index (χ3n) is 5.50. The van der Waals surface area contributed by atoms with Gasteiger partial charge in [-0.25, -0.2) is 4.79 Å². The molecule has 1 unspecified atom stereocenters. The number of hydrogen-bond acceptors (Lipinski definition) is 3. The predicted molar refractivity (Wildman–Crippen MR) is 80.8 cm³/mol. The first-order valence-corrected chi connectivity index (χ1v) is 8.22. The van der Waals surface area contributed by atoms with Crippen LogP contribution >= 0.6 is 0 Å². The fourth-order valence-electron chi connectivity index (χ4n) is 3.87. The maximum absolute atomic E-state index is 13.2. The smallest absolute Gasteiger partial charge is 0.329 e. The number of carbonyl (C=O) groups excluding carboxylic acids is 1. The molecule has 2 rings (SSSR count). The van der Waals surface area contributed by atoms with Gasteiger partial charge in [0.1, 0.15) is 5.54 Å². The maximum atomic E-state index is 13.2. The van der Waals surface area contributed by atoms with Crippen LogP contribution in [0.2, 0.25) is 0 Å². The highest BCUT2D eigenvalue weighted by Gasteiger charge is 2.49. The van der Waals surface area contributed by atoms with Crippen LogP contribution in [0.25, 0.3) is 0 Å². The Morgan fingerprint density at radius 3 is 2.14 bits per heavy atom. The highest BCUT2D eigenvalue weighted by molar-refractivity contribution is 5.90. The van der Waals surface area contributed by atoms with E-state index in [4.69, 9.17) is 5.73 Å². The number of hydrogen-bond donors (Lipinski definition) is 2. The van der Waals surface area contributed by atoms with Crippen LogP contribution in [0.3, 0.4) is 0 Å². The van der Waals surface area contributed by atoms with E-state index in [9.17, 15) is 14.7 Å². The molecule has 0 aromatic rings. The number of nitrogens with two attached hydrogens (primary N) is 1. The molecular weight excluding hydrogens is 268 g/mol. The largest absolute Gasteiger partial charge is 0.480 e. The summed E-state index contributed by atoms with van der Waals surface area (Å²) in [6, 6.07) is 0. The van der Waals surface area contributed by atoms with Gasteiger partial charge in [0.25, 0.3) is 0 Å². The lowest BCUT2D eigenvalue weighted by Gasteiger charge is -2.46. The molecule has 120 valence electrons. The Morgan fingerprint density at radius 1 is 1.05 bits per heavy atom. The zero-order valence-corrected chi connectivity index (χ0v) is 13.1. The molecule has 1 heterocycles. The average molecular weight is 296 g/mol. The second kappa shape index (κ2) is 6.34. The Morgan fingerprint density at radius 2 is 1.62 bits per heavy atom. The van der Waals surface area contributed by atoms with Gasteiger partial charge in [-0.15, -0.1) is 0 Å². The summed E-state index contributed by atoms with van der Waals surface area (Å²) < 4.78 is 0. The van der Waals surface area contributed by atoms with E-state index >= 15 is 0 Å². The summed E-state index contributed by atoms with van der Waals surface area (Å²) in [4.78, 5) is 26.5. The van der Waals surface area contributed by atoms with Crippen molar-refractivity contribution in [2.24, 2.45) is 11.1 Å². The number of likely N-dealkylation sites (tertiary alicyclic amines) is 1. The molecule has 0 radical (unpaired) electrons. The zero-order valence-electron chi connectivity index (χ0n) is 13.1. The third kappa shape index (κ3) is 2.93. The van der Waals surface area contributed by atoms with Crippen LogP contribution < -0.4 is 5.73 Å². The minimum absolute atomic E-state index is 0.0171. The van der Waals surface area contributed by atoms with Crippen LogP contribution in [0.1, 0.15) is 64.7 Å². The molecule has 1 aliphatic heterocycles. The molecule has 2 fully saturated rings. The fraction of sp³-hybridized carbons (Fsp3) is 0.875. The standard InChI is InChI=1S/C16H28N2O3/c1-15(14(20)21)8-6-7-11-18(15)13(19)16(12-17)9-4-2-3-5-10-16/h2-12,17H2,1H3,(H,20,21). The Bertz CT molecular complexity index is 402. The van der Waals surface area contributed by atoms with Crippen LogP contribution in [0, 0.1) is 5.41 Å². The van der Waals surface area contributed by atoms with Crippen LogP contribution in [0.4, 0.5) is 0 Å². The van der Waals surface area contributed by atoms with Crippen molar-refractivity contribution in [3.8, 4) is 0 Å². The normalized spacial score (nSPS) is 29.7. The first-order chi connectivity index (χ1) is 9.96. The predicted octanol–water partition coefficient (Wildman–Crippen LogP) is 2.14. The van der Waals surface area contributed by atoms with Crippen molar-refractivity contribution in [3.63, 3.8) is 0 Å². The van der Waals surface area contributed by atoms with E-state index in [0.717, 1.165) is 51.4 Å². The van der Waals surface area contributed by atoms with Gasteiger partial charge < -0.3 is 15.7 Å². The van der Waals surface area contributed by atoms with Gasteiger partial charge in [-0.1, -0.05) is 25.7 Å². The summed E-state index contributed by atoms with van der Waals surface area (Å²) in [5, 5.41) is 9.60. The molecule has 1 saturated heterocycles. The quantitative estimate of drug-likeness (QED) is 0.782. The Labute approximate surface area is 126 Å². The van der Waals surface area contributed by atoms with Gasteiger partial charge in [0.15, 0.2) is 0 Å². The fourth-order valence-corrected chi connectivity index (χ4v) is 3.87. The minimum Gasteiger partial charge on any atom is -0.480 e. The van der Waals surface area contributed by atoms with E-state index in [1.54, 1.807) is 11.8 Å². The van der Waals surface area contributed by atoms with Gasteiger partial charge in [0.2, 0.25) is 5.91 Å². The number of carboxylic acid groups (broad SMARTS) is 1. The van der Waals surface area contributed by atoms with Crippen LogP contribution in [0.5, 0.6) is 0 Å². The second-order valence-corrected chi connectivity index (χ2v) is 6.89. The molecule has 2 aliphatic rings. The lowest BCUT2D eigenvalue weighted by Crippen LogP contribution is -2.62. The number of nitrogens with zero attached hydrogens (tertiary/aromatic N) is 1. The molecule has 0 aromatic heterocycles. The lowest BCUT2D eigenvalue weighted by molar-refractivity contribution is -0.166. The van der Waals surface area contributed by atoms with Crippen LogP contribution in [0.15, 0.2) is 0 Å². The van der Waals surface area contributed by atoms with Gasteiger partial charge in [-0.2, -0.15) is 0 Å². The van der Waals surface area contributed by atoms with Crippen molar-refractivity contribution in [3.05, 3.63) is 0 Å². The molecule has 21 heavy (non-hydrogen) atoms. The zero-order chi connectivity index (χ0) is 15.5. The molecule has 0 aromatic carbocycles. The van der Waals surface area contributed by atoms with E-state index in [1.807, 2.05) is 0 Å². The lowest BCUT2D eigenvalue weighted by atomic mass is 9.76. The molecule has 1 amide bonds. The molecule has 0 spiro atoms. The second-order valence-electron chi connectivity index (χ2n) is 6.89. The summed E-state index contributed by atoms with van der Waals surface area (Å²) in [6.45, 7) is 2.56. The van der Waals surface area contributed by atoms with Crippen molar-refractivity contribution in [1.29, 1.82) is 0 Å². The van der Waals surface area contributed by atoms with Gasteiger partial charge in [-0.3, -0.25) is 4.79 Å². The number of aliphatic carboxylic acids is 1. The summed E-state index contributed by atoms with van der Waals surface area (Å²) in [7, 11) is 0. The molecule has 3 N–H and O–H groups in total. The topological polar surface area (TPSA) is 83.6 Å². The monoisotopic (exact) mass is 296 g/mol. The number of carbonyl (C=O) groups is 2. The van der Waals surface area contributed by atoms with E-state index in [0.29, 0.717) is 19.5 Å². The van der Waals surface area contributed by atoms with Crippen LogP contribution in [-0.2, 0) is 9.59 Å². The van der Waals surface area contributed by atoms with Crippen molar-refractivity contribution >= 4 is 11.9 Å². The van der Waals surface area contributed by atoms with E-state index in [-0.39, 0.29) is 5.91 Å². The Hall–Kier alpha value is -1.10. The number of piperidine rings is 1. The molecule has 5 nitrogen and oxygen atoms in total. The van der Waals surface area contributed by atoms with Crippen molar-refractivity contribution in [1.82, 2.24) is 4.90 Å². The van der Waals surface area contributed by atoms with Gasteiger partial charge in [0.05, 0.1) is 5.41 Å². The number of rotatable bonds is 3. The Balaban J connectivity index is 2.28. The summed E-state index contributed by atoms with van der Waals surface area (Å²) in [6.07, 6.45) is 8.20. The van der Waals surface area contributed by atoms with Gasteiger partial charge >= 0.3 is 5.97 Å². The molecular formula is C16H28N2O3. The van der Waals surface area contributed by atoms with Crippen molar-refractivity contribution in [2.45, 2.75) is 70.3 Å². The van der Waals surface area contributed by atoms with Crippen molar-refractivity contribution in [2.75, 3.05) is 13.1 Å². The highest BCUT2D eigenvalue weighted by atomic mass is 16.4. The third-order valence-corrected chi connectivity index (χ3v) is 5.50. The van der Waals surface area contributed by atoms with Gasteiger partial charge in [-0.05, 0) is 39.0 Å². The van der Waals surface area contributed by atoms with E-state index in [1.165, 1.54) is 0 Å². The average Bonchev–Trinajstić information content (AvgIpc) is 2.73.